The van der Waals surface area contributed by atoms with Crippen molar-refractivity contribution in [2.24, 2.45) is 11.8 Å². The van der Waals surface area contributed by atoms with E-state index in [1.807, 2.05) is 4.68 Å². The Balaban J connectivity index is 2.03. The van der Waals surface area contributed by atoms with Gasteiger partial charge in [-0.1, -0.05) is 32.9 Å². The fourth-order valence-corrected chi connectivity index (χ4v) is 2.08. The average molecular weight is 222 g/mol. The first-order chi connectivity index (χ1) is 7.47. The normalized spacial score (nSPS) is 26.2. The molecule has 1 aromatic heterocycles. The molecule has 0 spiro atoms. The summed E-state index contributed by atoms with van der Waals surface area (Å²) < 4.78 is 1.99. The second kappa shape index (κ2) is 4.17. The van der Waals surface area contributed by atoms with Gasteiger partial charge in [0.2, 0.25) is 0 Å². The van der Waals surface area contributed by atoms with Crippen molar-refractivity contribution >= 4 is 0 Å². The predicted octanol–water partition coefficient (Wildman–Crippen LogP) is 1.43. The van der Waals surface area contributed by atoms with Crippen LogP contribution in [0.15, 0.2) is 6.20 Å². The molecule has 1 aliphatic rings. The van der Waals surface area contributed by atoms with Gasteiger partial charge in [0.05, 0.1) is 5.69 Å². The Morgan fingerprint density at radius 3 is 2.69 bits per heavy atom. The van der Waals surface area contributed by atoms with E-state index in [0.717, 1.165) is 31.2 Å². The second-order valence-electron chi connectivity index (χ2n) is 5.97. The van der Waals surface area contributed by atoms with E-state index in [2.05, 4.69) is 49.5 Å². The van der Waals surface area contributed by atoms with Crippen molar-refractivity contribution in [3.05, 3.63) is 11.9 Å². The molecule has 1 fully saturated rings. The largest absolute Gasteiger partial charge is 0.316 e. The van der Waals surface area contributed by atoms with Crippen molar-refractivity contribution in [1.82, 2.24) is 20.3 Å². The third kappa shape index (κ3) is 2.43. The van der Waals surface area contributed by atoms with Crippen LogP contribution in [0.1, 0.15) is 33.4 Å². The molecule has 2 atom stereocenters. The van der Waals surface area contributed by atoms with Crippen LogP contribution < -0.4 is 5.32 Å². The zero-order valence-corrected chi connectivity index (χ0v) is 10.7. The quantitative estimate of drug-likeness (QED) is 0.823. The lowest BCUT2D eigenvalue weighted by atomic mass is 9.93. The third-order valence-corrected chi connectivity index (χ3v) is 3.41. The summed E-state index contributed by atoms with van der Waals surface area (Å²) in [5, 5.41) is 11.9. The summed E-state index contributed by atoms with van der Waals surface area (Å²) >= 11 is 0. The molecule has 16 heavy (non-hydrogen) atoms. The van der Waals surface area contributed by atoms with Crippen LogP contribution in [-0.4, -0.2) is 28.1 Å². The number of hydrogen-bond acceptors (Lipinski definition) is 3. The molecular formula is C12H22N4. The molecule has 2 unspecified atom stereocenters. The van der Waals surface area contributed by atoms with Gasteiger partial charge in [-0.25, -0.2) is 0 Å². The maximum atomic E-state index is 4.25. The second-order valence-corrected chi connectivity index (χ2v) is 5.97. The molecule has 1 aromatic rings. The van der Waals surface area contributed by atoms with Crippen molar-refractivity contribution in [3.63, 3.8) is 0 Å². The van der Waals surface area contributed by atoms with Crippen LogP contribution in [0.5, 0.6) is 0 Å². The maximum absolute atomic E-state index is 4.25. The van der Waals surface area contributed by atoms with Gasteiger partial charge in [0, 0.05) is 24.7 Å². The average Bonchev–Trinajstić information content (AvgIpc) is 2.76. The zero-order chi connectivity index (χ0) is 11.8. The summed E-state index contributed by atoms with van der Waals surface area (Å²) in [4.78, 5) is 0. The summed E-state index contributed by atoms with van der Waals surface area (Å²) in [6.07, 6.45) is 2.09. The smallest absolute Gasteiger partial charge is 0.0880 e. The summed E-state index contributed by atoms with van der Waals surface area (Å²) in [7, 11) is 0. The molecular weight excluding hydrogens is 200 g/mol. The van der Waals surface area contributed by atoms with E-state index in [1.54, 1.807) is 0 Å². The Bertz CT molecular complexity index is 350. The highest BCUT2D eigenvalue weighted by Crippen LogP contribution is 2.21. The van der Waals surface area contributed by atoms with E-state index in [0.29, 0.717) is 5.92 Å². The maximum Gasteiger partial charge on any atom is 0.0880 e. The minimum Gasteiger partial charge on any atom is -0.316 e. The molecule has 0 amide bonds. The zero-order valence-electron chi connectivity index (χ0n) is 10.7. The molecule has 0 radical (unpaired) electrons. The highest BCUT2D eigenvalue weighted by Gasteiger charge is 2.24. The van der Waals surface area contributed by atoms with E-state index in [1.165, 1.54) is 0 Å². The van der Waals surface area contributed by atoms with Crippen LogP contribution >= 0.6 is 0 Å². The van der Waals surface area contributed by atoms with Crippen LogP contribution in [-0.2, 0) is 12.0 Å². The SMILES string of the molecule is CC1CNCC1Cn1cc(C(C)(C)C)nn1. The summed E-state index contributed by atoms with van der Waals surface area (Å²) in [6, 6.07) is 0. The predicted molar refractivity (Wildman–Crippen MR) is 64.2 cm³/mol. The molecule has 4 heteroatoms. The summed E-state index contributed by atoms with van der Waals surface area (Å²) in [5.74, 6) is 1.43. The lowest BCUT2D eigenvalue weighted by Crippen LogP contribution is -2.18. The van der Waals surface area contributed by atoms with Crippen LogP contribution in [0, 0.1) is 11.8 Å². The van der Waals surface area contributed by atoms with Gasteiger partial charge in [-0.05, 0) is 18.4 Å². The number of nitrogens with zero attached hydrogens (tertiary/aromatic N) is 3. The van der Waals surface area contributed by atoms with Gasteiger partial charge in [0.15, 0.2) is 0 Å². The number of hydrogen-bond donors (Lipinski definition) is 1. The molecule has 1 aliphatic heterocycles. The van der Waals surface area contributed by atoms with Crippen molar-refractivity contribution in [1.29, 1.82) is 0 Å². The molecule has 0 saturated carbocycles. The first-order valence-corrected chi connectivity index (χ1v) is 6.08. The molecule has 1 saturated heterocycles. The van der Waals surface area contributed by atoms with Crippen LogP contribution in [0.4, 0.5) is 0 Å². The van der Waals surface area contributed by atoms with Crippen LogP contribution in [0.2, 0.25) is 0 Å². The van der Waals surface area contributed by atoms with Gasteiger partial charge in [-0.3, -0.25) is 4.68 Å². The van der Waals surface area contributed by atoms with E-state index in [9.17, 15) is 0 Å². The lowest BCUT2D eigenvalue weighted by Gasteiger charge is -2.14. The number of nitrogens with one attached hydrogen (secondary N) is 1. The van der Waals surface area contributed by atoms with Gasteiger partial charge < -0.3 is 5.32 Å². The van der Waals surface area contributed by atoms with E-state index in [4.69, 9.17) is 0 Å². The van der Waals surface area contributed by atoms with E-state index in [-0.39, 0.29) is 5.41 Å². The van der Waals surface area contributed by atoms with Crippen molar-refractivity contribution in [3.8, 4) is 0 Å². The Morgan fingerprint density at radius 2 is 2.19 bits per heavy atom. The molecule has 2 rings (SSSR count). The Morgan fingerprint density at radius 1 is 1.44 bits per heavy atom. The molecule has 0 aliphatic carbocycles. The molecule has 1 N–H and O–H groups in total. The van der Waals surface area contributed by atoms with Crippen LogP contribution in [0.25, 0.3) is 0 Å². The first-order valence-electron chi connectivity index (χ1n) is 6.08. The third-order valence-electron chi connectivity index (χ3n) is 3.41. The Kier molecular flexibility index (Phi) is 3.02. The van der Waals surface area contributed by atoms with Gasteiger partial charge in [-0.2, -0.15) is 0 Å². The molecule has 0 aromatic carbocycles. The Labute approximate surface area is 97.4 Å². The standard InChI is InChI=1S/C12H22N4/c1-9-5-13-6-10(9)7-16-8-11(14-15-16)12(2,3)4/h8-10,13H,5-7H2,1-4H3. The van der Waals surface area contributed by atoms with Gasteiger partial charge in [0.1, 0.15) is 0 Å². The highest BCUT2D eigenvalue weighted by molar-refractivity contribution is 5.06. The molecule has 2 heterocycles. The van der Waals surface area contributed by atoms with Crippen molar-refractivity contribution in [2.45, 2.75) is 39.7 Å². The molecule has 0 bridgehead atoms. The van der Waals surface area contributed by atoms with Gasteiger partial charge in [0.25, 0.3) is 0 Å². The van der Waals surface area contributed by atoms with E-state index >= 15 is 0 Å². The lowest BCUT2D eigenvalue weighted by molar-refractivity contribution is 0.368. The number of rotatable bonds is 2. The first kappa shape index (κ1) is 11.6. The van der Waals surface area contributed by atoms with Crippen molar-refractivity contribution in [2.75, 3.05) is 13.1 Å². The fourth-order valence-electron chi connectivity index (χ4n) is 2.08. The van der Waals surface area contributed by atoms with E-state index < -0.39 is 0 Å². The number of aromatic nitrogens is 3. The van der Waals surface area contributed by atoms with Gasteiger partial charge in [-0.15, -0.1) is 5.10 Å². The van der Waals surface area contributed by atoms with Gasteiger partial charge >= 0.3 is 0 Å². The highest BCUT2D eigenvalue weighted by atomic mass is 15.4. The monoisotopic (exact) mass is 222 g/mol. The summed E-state index contributed by atoms with van der Waals surface area (Å²) in [5.41, 5.74) is 1.17. The molecule has 90 valence electrons. The molecule has 4 nitrogen and oxygen atoms in total. The Hall–Kier alpha value is -0.900. The minimum atomic E-state index is 0.0950. The fraction of sp³-hybridized carbons (Fsp3) is 0.833. The minimum absolute atomic E-state index is 0.0950. The van der Waals surface area contributed by atoms with Crippen molar-refractivity contribution < 1.29 is 0 Å². The summed E-state index contributed by atoms with van der Waals surface area (Å²) in [6.45, 7) is 12.0. The topological polar surface area (TPSA) is 42.7 Å². The van der Waals surface area contributed by atoms with Crippen LogP contribution in [0.3, 0.4) is 0 Å².